The van der Waals surface area contributed by atoms with Crippen molar-refractivity contribution in [2.45, 2.75) is 37.1 Å². The Balaban J connectivity index is 1.43. The third-order valence-electron chi connectivity index (χ3n) is 5.79. The number of thiazole rings is 1. The second kappa shape index (κ2) is 10.0. The first kappa shape index (κ1) is 24.1. The summed E-state index contributed by atoms with van der Waals surface area (Å²) in [5.74, 6) is -0.792. The Labute approximate surface area is 202 Å². The Hall–Kier alpha value is -3.08. The Kier molecular flexibility index (Phi) is 7.11. The first-order valence-electron chi connectivity index (χ1n) is 10.9. The van der Waals surface area contributed by atoms with Crippen LogP contribution in [0.2, 0.25) is 0 Å². The molecule has 34 heavy (non-hydrogen) atoms. The molecule has 1 aliphatic heterocycles. The molecule has 3 aromatic rings. The standard InChI is InChI=1S/C24H25N3O5S2/c1-16-5-3-4-14-27(16)34(30,31)20-12-10-18(11-13-20)22(28)26-24-25-21(15-33-24)17-6-8-19(9-7-17)23(29)32-2/h6-13,15-16H,3-5,14H2,1-2H3,(H,25,26,28). The molecule has 0 saturated carbocycles. The van der Waals surface area contributed by atoms with Crippen molar-refractivity contribution in [1.82, 2.24) is 9.29 Å². The van der Waals surface area contributed by atoms with E-state index < -0.39 is 16.0 Å². The number of amides is 1. The predicted octanol–water partition coefficient (Wildman–Crippen LogP) is 4.41. The van der Waals surface area contributed by atoms with E-state index in [1.54, 1.807) is 34.0 Å². The number of carbonyl (C=O) groups excluding carboxylic acids is 2. The molecule has 0 radical (unpaired) electrons. The van der Waals surface area contributed by atoms with Crippen LogP contribution in [0, 0.1) is 0 Å². The summed E-state index contributed by atoms with van der Waals surface area (Å²) in [6.45, 7) is 2.44. The molecule has 2 aromatic carbocycles. The van der Waals surface area contributed by atoms with Gasteiger partial charge in [-0.1, -0.05) is 18.6 Å². The van der Waals surface area contributed by atoms with Crippen molar-refractivity contribution in [2.75, 3.05) is 19.0 Å². The molecule has 4 rings (SSSR count). The maximum absolute atomic E-state index is 13.0. The van der Waals surface area contributed by atoms with Crippen LogP contribution < -0.4 is 5.32 Å². The van der Waals surface area contributed by atoms with Gasteiger partial charge in [0.15, 0.2) is 5.13 Å². The SMILES string of the molecule is COC(=O)c1ccc(-c2csc(NC(=O)c3ccc(S(=O)(=O)N4CCCCC4C)cc3)n2)cc1. The fraction of sp³-hybridized carbons (Fsp3) is 0.292. The van der Waals surface area contributed by atoms with Crippen molar-refractivity contribution in [3.63, 3.8) is 0 Å². The van der Waals surface area contributed by atoms with Gasteiger partial charge >= 0.3 is 5.97 Å². The molecule has 1 N–H and O–H groups in total. The summed E-state index contributed by atoms with van der Waals surface area (Å²) < 4.78 is 32.2. The zero-order chi connectivity index (χ0) is 24.3. The highest BCUT2D eigenvalue weighted by atomic mass is 32.2. The van der Waals surface area contributed by atoms with E-state index in [1.165, 1.54) is 42.7 Å². The maximum atomic E-state index is 13.0. The fourth-order valence-electron chi connectivity index (χ4n) is 3.87. The van der Waals surface area contributed by atoms with Gasteiger partial charge in [-0.25, -0.2) is 18.2 Å². The molecule has 1 aliphatic rings. The highest BCUT2D eigenvalue weighted by molar-refractivity contribution is 7.89. The molecular weight excluding hydrogens is 474 g/mol. The predicted molar refractivity (Wildman–Crippen MR) is 130 cm³/mol. The lowest BCUT2D eigenvalue weighted by molar-refractivity contribution is 0.0600. The van der Waals surface area contributed by atoms with E-state index in [-0.39, 0.29) is 16.8 Å². The van der Waals surface area contributed by atoms with Gasteiger partial charge in [0, 0.05) is 29.1 Å². The summed E-state index contributed by atoms with van der Waals surface area (Å²) in [4.78, 5) is 28.9. The third kappa shape index (κ3) is 5.03. The van der Waals surface area contributed by atoms with Gasteiger partial charge in [0.25, 0.3) is 5.91 Å². The van der Waals surface area contributed by atoms with Crippen molar-refractivity contribution in [2.24, 2.45) is 0 Å². The average Bonchev–Trinajstić information content (AvgIpc) is 3.32. The minimum atomic E-state index is -3.59. The molecular formula is C24H25N3O5S2. The Morgan fingerprint density at radius 1 is 1.06 bits per heavy atom. The van der Waals surface area contributed by atoms with Gasteiger partial charge in [0.2, 0.25) is 10.0 Å². The number of aromatic nitrogens is 1. The molecule has 8 nitrogen and oxygen atoms in total. The molecule has 178 valence electrons. The molecule has 2 heterocycles. The van der Waals surface area contributed by atoms with E-state index in [0.29, 0.717) is 28.5 Å². The number of nitrogens with zero attached hydrogens (tertiary/aromatic N) is 2. The molecule has 1 fully saturated rings. The topological polar surface area (TPSA) is 106 Å². The van der Waals surface area contributed by atoms with Crippen LogP contribution in [-0.4, -0.2) is 49.3 Å². The zero-order valence-electron chi connectivity index (χ0n) is 18.9. The lowest BCUT2D eigenvalue weighted by atomic mass is 10.1. The number of nitrogens with one attached hydrogen (secondary N) is 1. The average molecular weight is 500 g/mol. The highest BCUT2D eigenvalue weighted by Crippen LogP contribution is 2.27. The summed E-state index contributed by atoms with van der Waals surface area (Å²) in [5.41, 5.74) is 2.24. The van der Waals surface area contributed by atoms with E-state index in [1.807, 2.05) is 6.92 Å². The second-order valence-corrected chi connectivity index (χ2v) is 10.8. The van der Waals surface area contributed by atoms with E-state index in [2.05, 4.69) is 10.3 Å². The monoisotopic (exact) mass is 499 g/mol. The van der Waals surface area contributed by atoms with Gasteiger partial charge in [-0.2, -0.15) is 4.31 Å². The Morgan fingerprint density at radius 2 is 1.74 bits per heavy atom. The molecule has 1 aromatic heterocycles. The van der Waals surface area contributed by atoms with Gasteiger partial charge in [-0.15, -0.1) is 11.3 Å². The molecule has 10 heteroatoms. The number of benzene rings is 2. The Bertz CT molecular complexity index is 1280. The Morgan fingerprint density at radius 3 is 2.38 bits per heavy atom. The normalized spacial score (nSPS) is 16.7. The lowest BCUT2D eigenvalue weighted by Crippen LogP contribution is -2.41. The molecule has 1 amide bonds. The van der Waals surface area contributed by atoms with Crippen LogP contribution in [0.3, 0.4) is 0 Å². The molecule has 0 aliphatic carbocycles. The number of anilines is 1. The number of carbonyl (C=O) groups is 2. The van der Waals surface area contributed by atoms with E-state index >= 15 is 0 Å². The second-order valence-electron chi connectivity index (χ2n) is 8.05. The first-order valence-corrected chi connectivity index (χ1v) is 13.2. The smallest absolute Gasteiger partial charge is 0.337 e. The van der Waals surface area contributed by atoms with Crippen molar-refractivity contribution in [1.29, 1.82) is 0 Å². The van der Waals surface area contributed by atoms with Crippen LogP contribution >= 0.6 is 11.3 Å². The summed E-state index contributed by atoms with van der Waals surface area (Å²) in [5, 5.41) is 4.97. The molecule has 1 unspecified atom stereocenters. The molecule has 1 atom stereocenters. The number of esters is 1. The number of hydrogen-bond acceptors (Lipinski definition) is 7. The van der Waals surface area contributed by atoms with Gasteiger partial charge in [-0.3, -0.25) is 10.1 Å². The number of ether oxygens (including phenoxy) is 1. The summed E-state index contributed by atoms with van der Waals surface area (Å²) in [6.07, 6.45) is 2.74. The van der Waals surface area contributed by atoms with E-state index in [4.69, 9.17) is 4.74 Å². The maximum Gasteiger partial charge on any atom is 0.337 e. The van der Waals surface area contributed by atoms with E-state index in [9.17, 15) is 18.0 Å². The first-order chi connectivity index (χ1) is 16.3. The lowest BCUT2D eigenvalue weighted by Gasteiger charge is -2.32. The van der Waals surface area contributed by atoms with Crippen LogP contribution in [0.25, 0.3) is 11.3 Å². The number of rotatable bonds is 6. The van der Waals surface area contributed by atoms with Gasteiger partial charge in [-0.05, 0) is 56.2 Å². The van der Waals surface area contributed by atoms with Crippen LogP contribution in [0.4, 0.5) is 5.13 Å². The van der Waals surface area contributed by atoms with Crippen molar-refractivity contribution < 1.29 is 22.7 Å². The van der Waals surface area contributed by atoms with Crippen molar-refractivity contribution >= 4 is 38.4 Å². The van der Waals surface area contributed by atoms with Crippen LogP contribution in [0.1, 0.15) is 46.9 Å². The zero-order valence-corrected chi connectivity index (χ0v) is 20.5. The molecule has 1 saturated heterocycles. The van der Waals surface area contributed by atoms with Gasteiger partial charge < -0.3 is 4.74 Å². The van der Waals surface area contributed by atoms with Gasteiger partial charge in [0.1, 0.15) is 0 Å². The third-order valence-corrected chi connectivity index (χ3v) is 8.58. The number of hydrogen-bond donors (Lipinski definition) is 1. The summed E-state index contributed by atoms with van der Waals surface area (Å²) in [6, 6.07) is 12.8. The van der Waals surface area contributed by atoms with Gasteiger partial charge in [0.05, 0.1) is 23.3 Å². The van der Waals surface area contributed by atoms with Crippen LogP contribution in [0.5, 0.6) is 0 Å². The van der Waals surface area contributed by atoms with Crippen molar-refractivity contribution in [3.8, 4) is 11.3 Å². The van der Waals surface area contributed by atoms with E-state index in [0.717, 1.165) is 24.8 Å². The minimum Gasteiger partial charge on any atom is -0.465 e. The molecule has 0 bridgehead atoms. The van der Waals surface area contributed by atoms with Crippen LogP contribution in [0.15, 0.2) is 58.8 Å². The number of sulfonamides is 1. The minimum absolute atomic E-state index is 0.0301. The number of methoxy groups -OCH3 is 1. The number of piperidine rings is 1. The van der Waals surface area contributed by atoms with Crippen molar-refractivity contribution in [3.05, 3.63) is 65.0 Å². The highest BCUT2D eigenvalue weighted by Gasteiger charge is 2.31. The largest absolute Gasteiger partial charge is 0.465 e. The summed E-state index contributed by atoms with van der Waals surface area (Å²) in [7, 11) is -2.26. The molecule has 0 spiro atoms. The van der Waals surface area contributed by atoms with Crippen LogP contribution in [-0.2, 0) is 14.8 Å². The fourth-order valence-corrected chi connectivity index (χ4v) is 6.28. The summed E-state index contributed by atoms with van der Waals surface area (Å²) >= 11 is 1.27. The quantitative estimate of drug-likeness (QED) is 0.504.